The van der Waals surface area contributed by atoms with Gasteiger partial charge in [-0.2, -0.15) is 9.57 Å². The Morgan fingerprint density at radius 1 is 1.11 bits per heavy atom. The SMILES string of the molecule is N#Cc1ccc(OCC(=O)N2CCN(S(=O)(=O)c3cccc(F)c3)CC2)cc1. The third-order valence-corrected chi connectivity index (χ3v) is 6.27. The van der Waals surface area contributed by atoms with E-state index in [1.165, 1.54) is 27.4 Å². The number of amides is 1. The van der Waals surface area contributed by atoms with Crippen molar-refractivity contribution in [2.75, 3.05) is 32.8 Å². The molecule has 1 aliphatic rings. The molecular weight excluding hydrogens is 385 g/mol. The van der Waals surface area contributed by atoms with Crippen molar-refractivity contribution >= 4 is 15.9 Å². The van der Waals surface area contributed by atoms with Gasteiger partial charge >= 0.3 is 0 Å². The Morgan fingerprint density at radius 2 is 1.79 bits per heavy atom. The molecular formula is C19H18FN3O4S. The lowest BCUT2D eigenvalue weighted by Gasteiger charge is -2.34. The van der Waals surface area contributed by atoms with Crippen LogP contribution in [0.2, 0.25) is 0 Å². The molecule has 1 fully saturated rings. The lowest BCUT2D eigenvalue weighted by atomic mass is 10.2. The molecule has 1 aliphatic heterocycles. The van der Waals surface area contributed by atoms with Gasteiger partial charge in [-0.25, -0.2) is 12.8 Å². The lowest BCUT2D eigenvalue weighted by molar-refractivity contribution is -0.134. The van der Waals surface area contributed by atoms with Gasteiger partial charge in [0.15, 0.2) is 6.61 Å². The van der Waals surface area contributed by atoms with Crippen LogP contribution in [-0.4, -0.2) is 56.3 Å². The second-order valence-electron chi connectivity index (χ2n) is 6.17. The molecule has 3 rings (SSSR count). The quantitative estimate of drug-likeness (QED) is 0.757. The zero-order chi connectivity index (χ0) is 20.1. The van der Waals surface area contributed by atoms with E-state index in [4.69, 9.17) is 10.00 Å². The van der Waals surface area contributed by atoms with E-state index in [1.54, 1.807) is 24.3 Å². The number of halogens is 1. The van der Waals surface area contributed by atoms with E-state index in [2.05, 4.69) is 0 Å². The normalized spacial score (nSPS) is 15.1. The van der Waals surface area contributed by atoms with Crippen molar-refractivity contribution < 1.29 is 22.3 Å². The molecule has 0 radical (unpaired) electrons. The topological polar surface area (TPSA) is 90.7 Å². The number of rotatable bonds is 5. The van der Waals surface area contributed by atoms with Gasteiger partial charge < -0.3 is 9.64 Å². The van der Waals surface area contributed by atoms with Crippen molar-refractivity contribution in [3.05, 3.63) is 59.9 Å². The highest BCUT2D eigenvalue weighted by atomic mass is 32.2. The van der Waals surface area contributed by atoms with Crippen LogP contribution >= 0.6 is 0 Å². The second kappa shape index (κ2) is 8.37. The first-order valence-corrected chi connectivity index (χ1v) is 10.0. The Labute approximate surface area is 162 Å². The van der Waals surface area contributed by atoms with Crippen molar-refractivity contribution in [2.45, 2.75) is 4.90 Å². The van der Waals surface area contributed by atoms with Gasteiger partial charge in [0, 0.05) is 26.2 Å². The highest BCUT2D eigenvalue weighted by Crippen LogP contribution is 2.19. The number of hydrogen-bond donors (Lipinski definition) is 0. The highest BCUT2D eigenvalue weighted by Gasteiger charge is 2.30. The van der Waals surface area contributed by atoms with Crippen LogP contribution in [0.15, 0.2) is 53.4 Å². The molecule has 0 unspecified atom stereocenters. The van der Waals surface area contributed by atoms with Crippen LogP contribution < -0.4 is 4.74 Å². The molecule has 1 heterocycles. The molecule has 0 aromatic heterocycles. The standard InChI is InChI=1S/C19H18FN3O4S/c20-16-2-1-3-18(12-16)28(25,26)23-10-8-22(9-11-23)19(24)14-27-17-6-4-15(13-21)5-7-17/h1-7,12H,8-11,14H2. The molecule has 0 bridgehead atoms. The van der Waals surface area contributed by atoms with Crippen LogP contribution in [0.1, 0.15) is 5.56 Å². The van der Waals surface area contributed by atoms with Gasteiger partial charge in [-0.15, -0.1) is 0 Å². The van der Waals surface area contributed by atoms with Crippen molar-refractivity contribution in [3.63, 3.8) is 0 Å². The van der Waals surface area contributed by atoms with Crippen LogP contribution in [0.25, 0.3) is 0 Å². The third kappa shape index (κ3) is 4.47. The summed E-state index contributed by atoms with van der Waals surface area (Å²) in [6.07, 6.45) is 0. The van der Waals surface area contributed by atoms with E-state index in [1.807, 2.05) is 6.07 Å². The summed E-state index contributed by atoms with van der Waals surface area (Å²) in [5.74, 6) is -0.401. The first-order valence-electron chi connectivity index (χ1n) is 8.56. The summed E-state index contributed by atoms with van der Waals surface area (Å²) in [5, 5.41) is 8.76. The number of carbonyl (C=O) groups is 1. The zero-order valence-corrected chi connectivity index (χ0v) is 15.7. The number of piperazine rings is 1. The maximum absolute atomic E-state index is 13.3. The van der Waals surface area contributed by atoms with E-state index in [-0.39, 0.29) is 43.6 Å². The monoisotopic (exact) mass is 403 g/mol. The van der Waals surface area contributed by atoms with Gasteiger partial charge in [0.05, 0.1) is 16.5 Å². The predicted octanol–water partition coefficient (Wildman–Crippen LogP) is 1.61. The maximum Gasteiger partial charge on any atom is 0.260 e. The van der Waals surface area contributed by atoms with Crippen LogP contribution in [0.3, 0.4) is 0 Å². The number of nitrogens with zero attached hydrogens (tertiary/aromatic N) is 3. The molecule has 0 atom stereocenters. The lowest BCUT2D eigenvalue weighted by Crippen LogP contribution is -2.51. The second-order valence-corrected chi connectivity index (χ2v) is 8.11. The molecule has 7 nitrogen and oxygen atoms in total. The van der Waals surface area contributed by atoms with E-state index < -0.39 is 15.8 Å². The maximum atomic E-state index is 13.3. The summed E-state index contributed by atoms with van der Waals surface area (Å²) in [4.78, 5) is 13.7. The van der Waals surface area contributed by atoms with Gasteiger partial charge in [0.25, 0.3) is 5.91 Å². The predicted molar refractivity (Wildman–Crippen MR) is 98.4 cm³/mol. The van der Waals surface area contributed by atoms with E-state index in [0.29, 0.717) is 11.3 Å². The summed E-state index contributed by atoms with van der Waals surface area (Å²) in [7, 11) is -3.80. The number of benzene rings is 2. The van der Waals surface area contributed by atoms with Crippen molar-refractivity contribution in [1.82, 2.24) is 9.21 Å². The minimum atomic E-state index is -3.80. The Bertz CT molecular complexity index is 995. The summed E-state index contributed by atoms with van der Waals surface area (Å²) >= 11 is 0. The van der Waals surface area contributed by atoms with Crippen LogP contribution in [-0.2, 0) is 14.8 Å². The first kappa shape index (κ1) is 19.8. The molecule has 2 aromatic carbocycles. The van der Waals surface area contributed by atoms with E-state index in [9.17, 15) is 17.6 Å². The Hall–Kier alpha value is -2.96. The van der Waals surface area contributed by atoms with Crippen molar-refractivity contribution in [2.24, 2.45) is 0 Å². The van der Waals surface area contributed by atoms with Gasteiger partial charge in [-0.05, 0) is 42.5 Å². The van der Waals surface area contributed by atoms with Crippen LogP contribution in [0.4, 0.5) is 4.39 Å². The van der Waals surface area contributed by atoms with Gasteiger partial charge in [0.1, 0.15) is 11.6 Å². The number of ether oxygens (including phenoxy) is 1. The first-order chi connectivity index (χ1) is 13.4. The molecule has 2 aromatic rings. The Kier molecular flexibility index (Phi) is 5.92. The summed E-state index contributed by atoms with van der Waals surface area (Å²) < 4.78 is 45.2. The largest absolute Gasteiger partial charge is 0.484 e. The molecule has 0 N–H and O–H groups in total. The average molecular weight is 403 g/mol. The molecule has 0 spiro atoms. The van der Waals surface area contributed by atoms with Crippen molar-refractivity contribution in [3.8, 4) is 11.8 Å². The molecule has 0 aliphatic carbocycles. The highest BCUT2D eigenvalue weighted by molar-refractivity contribution is 7.89. The van der Waals surface area contributed by atoms with Crippen molar-refractivity contribution in [1.29, 1.82) is 5.26 Å². The molecule has 1 amide bonds. The Morgan fingerprint density at radius 3 is 2.39 bits per heavy atom. The minimum absolute atomic E-state index is 0.101. The fraction of sp³-hybridized carbons (Fsp3) is 0.263. The minimum Gasteiger partial charge on any atom is -0.484 e. The number of carbonyl (C=O) groups excluding carboxylic acids is 1. The van der Waals surface area contributed by atoms with Crippen LogP contribution in [0, 0.1) is 17.1 Å². The smallest absolute Gasteiger partial charge is 0.260 e. The summed E-state index contributed by atoms with van der Waals surface area (Å²) in [6, 6.07) is 13.3. The van der Waals surface area contributed by atoms with E-state index in [0.717, 1.165) is 6.07 Å². The summed E-state index contributed by atoms with van der Waals surface area (Å²) in [6.45, 7) is 0.527. The molecule has 1 saturated heterocycles. The number of nitriles is 1. The fourth-order valence-electron chi connectivity index (χ4n) is 2.82. The van der Waals surface area contributed by atoms with Crippen LogP contribution in [0.5, 0.6) is 5.75 Å². The fourth-order valence-corrected chi connectivity index (χ4v) is 4.27. The molecule has 28 heavy (non-hydrogen) atoms. The molecule has 0 saturated carbocycles. The average Bonchev–Trinajstić information content (AvgIpc) is 2.72. The van der Waals surface area contributed by atoms with Gasteiger partial charge in [-0.3, -0.25) is 4.79 Å². The number of sulfonamides is 1. The molecule has 146 valence electrons. The number of hydrogen-bond acceptors (Lipinski definition) is 5. The van der Waals surface area contributed by atoms with Gasteiger partial charge in [0.2, 0.25) is 10.0 Å². The molecule has 9 heteroatoms. The zero-order valence-electron chi connectivity index (χ0n) is 14.9. The van der Waals surface area contributed by atoms with Gasteiger partial charge in [-0.1, -0.05) is 6.07 Å². The Balaban J connectivity index is 1.54. The van der Waals surface area contributed by atoms with E-state index >= 15 is 0 Å². The summed E-state index contributed by atoms with van der Waals surface area (Å²) in [5.41, 5.74) is 0.495. The third-order valence-electron chi connectivity index (χ3n) is 4.37.